The van der Waals surface area contributed by atoms with Crippen LogP contribution < -0.4 is 0 Å². The van der Waals surface area contributed by atoms with Crippen LogP contribution in [0.2, 0.25) is 5.02 Å². The second-order valence-electron chi connectivity index (χ2n) is 5.17. The van der Waals surface area contributed by atoms with E-state index in [1.807, 2.05) is 30.3 Å². The van der Waals surface area contributed by atoms with Gasteiger partial charge in [0.1, 0.15) is 17.4 Å². The fourth-order valence-corrected chi connectivity index (χ4v) is 3.05. The molecule has 0 spiro atoms. The predicted octanol–water partition coefficient (Wildman–Crippen LogP) is 5.33. The summed E-state index contributed by atoms with van der Waals surface area (Å²) in [5, 5.41) is 10.4. The number of hydrogen-bond donors (Lipinski definition) is 1. The van der Waals surface area contributed by atoms with Crippen molar-refractivity contribution in [2.45, 2.75) is 23.0 Å². The smallest absolute Gasteiger partial charge is 0.314 e. The molecule has 0 saturated carbocycles. The molecule has 122 valence electrons. The zero-order chi connectivity index (χ0) is 17.1. The third-order valence-corrected chi connectivity index (χ3v) is 4.57. The van der Waals surface area contributed by atoms with Gasteiger partial charge in [0.2, 0.25) is 0 Å². The molecule has 0 aliphatic heterocycles. The molecule has 0 amide bonds. The molecular weight excluding hydrogens is 346 g/mol. The van der Waals surface area contributed by atoms with Gasteiger partial charge in [0, 0.05) is 15.5 Å². The van der Waals surface area contributed by atoms with Crippen LogP contribution >= 0.6 is 23.4 Å². The zero-order valence-electron chi connectivity index (χ0n) is 12.8. The molecule has 0 saturated heterocycles. The van der Waals surface area contributed by atoms with Crippen molar-refractivity contribution in [3.05, 3.63) is 65.4 Å². The molecule has 1 aromatic heterocycles. The number of carboxylic acid groups (broad SMARTS) is 1. The number of carbonyl (C=O) groups is 1. The van der Waals surface area contributed by atoms with Gasteiger partial charge in [-0.1, -0.05) is 41.9 Å². The normalized spacial score (nSPS) is 12.1. The molecule has 24 heavy (non-hydrogen) atoms. The lowest BCUT2D eigenvalue weighted by molar-refractivity contribution is -0.138. The minimum Gasteiger partial charge on any atom is -0.481 e. The summed E-state index contributed by atoms with van der Waals surface area (Å²) >= 11 is 7.28. The number of rotatable bonds is 5. The first-order chi connectivity index (χ1) is 11.5. The van der Waals surface area contributed by atoms with Crippen LogP contribution in [0.15, 0.2) is 69.1 Å². The first kappa shape index (κ1) is 16.6. The molecule has 0 aliphatic rings. The van der Waals surface area contributed by atoms with Crippen LogP contribution in [0, 0.1) is 0 Å². The molecule has 6 heteroatoms. The SMILES string of the molecule is CC(C(=O)O)c1oc(Sc2ccccc2)nc1-c1ccc(Cl)cc1. The fourth-order valence-electron chi connectivity index (χ4n) is 2.16. The fraction of sp³-hybridized carbons (Fsp3) is 0.111. The summed E-state index contributed by atoms with van der Waals surface area (Å²) in [5.74, 6) is -1.42. The van der Waals surface area contributed by atoms with E-state index in [9.17, 15) is 9.90 Å². The van der Waals surface area contributed by atoms with E-state index >= 15 is 0 Å². The number of halogens is 1. The van der Waals surface area contributed by atoms with Gasteiger partial charge in [-0.05, 0) is 43.0 Å². The molecule has 2 aromatic carbocycles. The Morgan fingerprint density at radius 1 is 1.17 bits per heavy atom. The lowest BCUT2D eigenvalue weighted by atomic mass is 10.0. The number of carboxylic acids is 1. The van der Waals surface area contributed by atoms with E-state index in [4.69, 9.17) is 16.0 Å². The van der Waals surface area contributed by atoms with Gasteiger partial charge in [0.05, 0.1) is 0 Å². The summed E-state index contributed by atoms with van der Waals surface area (Å²) in [6.07, 6.45) is 0. The third-order valence-electron chi connectivity index (χ3n) is 3.46. The minimum atomic E-state index is -0.961. The van der Waals surface area contributed by atoms with Crippen LogP contribution in [0.4, 0.5) is 0 Å². The first-order valence-electron chi connectivity index (χ1n) is 7.27. The molecule has 1 unspecified atom stereocenters. The maximum absolute atomic E-state index is 11.4. The quantitative estimate of drug-likeness (QED) is 0.666. The number of hydrogen-bond acceptors (Lipinski definition) is 4. The number of aliphatic carboxylic acids is 1. The molecule has 1 atom stereocenters. The lowest BCUT2D eigenvalue weighted by Crippen LogP contribution is -2.07. The van der Waals surface area contributed by atoms with E-state index in [2.05, 4.69) is 4.98 Å². The Morgan fingerprint density at radius 3 is 2.46 bits per heavy atom. The number of nitrogens with zero attached hydrogens (tertiary/aromatic N) is 1. The van der Waals surface area contributed by atoms with Crippen molar-refractivity contribution >= 4 is 29.3 Å². The summed E-state index contributed by atoms with van der Waals surface area (Å²) in [4.78, 5) is 16.9. The number of benzene rings is 2. The average molecular weight is 360 g/mol. The zero-order valence-corrected chi connectivity index (χ0v) is 14.3. The maximum Gasteiger partial charge on any atom is 0.314 e. The molecule has 1 N–H and O–H groups in total. The van der Waals surface area contributed by atoms with Crippen LogP contribution in [0.25, 0.3) is 11.3 Å². The Morgan fingerprint density at radius 2 is 1.83 bits per heavy atom. The van der Waals surface area contributed by atoms with Crippen molar-refractivity contribution in [2.24, 2.45) is 0 Å². The van der Waals surface area contributed by atoms with E-state index in [-0.39, 0.29) is 0 Å². The monoisotopic (exact) mass is 359 g/mol. The van der Waals surface area contributed by atoms with Crippen LogP contribution in [0.1, 0.15) is 18.6 Å². The lowest BCUT2D eigenvalue weighted by Gasteiger charge is -2.05. The van der Waals surface area contributed by atoms with Gasteiger partial charge in [-0.3, -0.25) is 4.79 Å². The van der Waals surface area contributed by atoms with Crippen LogP contribution in [0.3, 0.4) is 0 Å². The van der Waals surface area contributed by atoms with Gasteiger partial charge in [-0.2, -0.15) is 0 Å². The van der Waals surface area contributed by atoms with E-state index in [1.54, 1.807) is 31.2 Å². The first-order valence-corrected chi connectivity index (χ1v) is 8.46. The standard InChI is InChI=1S/C18H14ClNO3S/c1-11(17(21)22)16-15(12-7-9-13(19)10-8-12)20-18(23-16)24-14-5-3-2-4-6-14/h2-11H,1H3,(H,21,22). The summed E-state index contributed by atoms with van der Waals surface area (Å²) in [7, 11) is 0. The minimum absolute atomic E-state index is 0.336. The summed E-state index contributed by atoms with van der Waals surface area (Å²) in [6, 6.07) is 16.7. The van der Waals surface area contributed by atoms with Crippen LogP contribution in [0.5, 0.6) is 0 Å². The van der Waals surface area contributed by atoms with Gasteiger partial charge in [-0.15, -0.1) is 0 Å². The van der Waals surface area contributed by atoms with Crippen LogP contribution in [-0.4, -0.2) is 16.1 Å². The second kappa shape index (κ2) is 7.11. The highest BCUT2D eigenvalue weighted by molar-refractivity contribution is 7.99. The third kappa shape index (κ3) is 3.63. The molecule has 3 aromatic rings. The molecular formula is C18H14ClNO3S. The Bertz CT molecular complexity index is 846. The van der Waals surface area contributed by atoms with E-state index in [1.165, 1.54) is 11.8 Å². The van der Waals surface area contributed by atoms with Gasteiger partial charge in [-0.25, -0.2) is 4.98 Å². The molecule has 0 aliphatic carbocycles. The highest BCUT2D eigenvalue weighted by Crippen LogP contribution is 2.36. The molecule has 0 fully saturated rings. The van der Waals surface area contributed by atoms with Crippen molar-refractivity contribution in [1.82, 2.24) is 4.98 Å². The van der Waals surface area contributed by atoms with E-state index in [0.717, 1.165) is 10.5 Å². The summed E-state index contributed by atoms with van der Waals surface area (Å²) in [6.45, 7) is 1.58. The van der Waals surface area contributed by atoms with Crippen molar-refractivity contribution in [3.8, 4) is 11.3 Å². The topological polar surface area (TPSA) is 63.3 Å². The number of aromatic nitrogens is 1. The number of oxazole rings is 1. The average Bonchev–Trinajstić information content (AvgIpc) is 2.99. The highest BCUT2D eigenvalue weighted by Gasteiger charge is 2.25. The highest BCUT2D eigenvalue weighted by atomic mass is 35.5. The summed E-state index contributed by atoms with van der Waals surface area (Å²) in [5.41, 5.74) is 1.30. The Kier molecular flexibility index (Phi) is 4.92. The van der Waals surface area contributed by atoms with E-state index < -0.39 is 11.9 Å². The van der Waals surface area contributed by atoms with Crippen molar-refractivity contribution in [3.63, 3.8) is 0 Å². The molecule has 0 bridgehead atoms. The van der Waals surface area contributed by atoms with E-state index in [0.29, 0.717) is 21.7 Å². The molecule has 4 nitrogen and oxygen atoms in total. The molecule has 0 radical (unpaired) electrons. The van der Waals surface area contributed by atoms with Gasteiger partial charge in [0.15, 0.2) is 0 Å². The van der Waals surface area contributed by atoms with Gasteiger partial charge in [0.25, 0.3) is 5.22 Å². The Labute approximate surface area is 148 Å². The summed E-state index contributed by atoms with van der Waals surface area (Å²) < 4.78 is 5.76. The molecule has 1 heterocycles. The largest absolute Gasteiger partial charge is 0.481 e. The van der Waals surface area contributed by atoms with Crippen molar-refractivity contribution in [1.29, 1.82) is 0 Å². The van der Waals surface area contributed by atoms with Crippen LogP contribution in [-0.2, 0) is 4.79 Å². The Balaban J connectivity index is 2.02. The maximum atomic E-state index is 11.4. The second-order valence-corrected chi connectivity index (χ2v) is 6.64. The van der Waals surface area contributed by atoms with Crippen molar-refractivity contribution in [2.75, 3.05) is 0 Å². The molecule has 3 rings (SSSR count). The van der Waals surface area contributed by atoms with Gasteiger partial charge < -0.3 is 9.52 Å². The Hall–Kier alpha value is -2.24. The predicted molar refractivity (Wildman–Crippen MR) is 93.6 cm³/mol. The van der Waals surface area contributed by atoms with Gasteiger partial charge >= 0.3 is 5.97 Å². The van der Waals surface area contributed by atoms with Crippen molar-refractivity contribution < 1.29 is 14.3 Å².